The van der Waals surface area contributed by atoms with E-state index in [2.05, 4.69) is 16.2 Å². The first-order valence-corrected chi connectivity index (χ1v) is 5.68. The second kappa shape index (κ2) is 5.35. The molecule has 4 heteroatoms. The largest absolute Gasteiger partial charge is 0.327 e. The van der Waals surface area contributed by atoms with Gasteiger partial charge < -0.3 is 10.2 Å². The number of carbonyl (C=O) groups excluding carboxylic acids is 1. The van der Waals surface area contributed by atoms with Gasteiger partial charge in [-0.15, -0.1) is 6.42 Å². The molecule has 1 aliphatic carbocycles. The first kappa shape index (κ1) is 11.5. The number of aromatic nitrogens is 1. The average Bonchev–Trinajstić information content (AvgIpc) is 3.18. The lowest BCUT2D eigenvalue weighted by Gasteiger charge is -2.22. The van der Waals surface area contributed by atoms with Gasteiger partial charge in [-0.3, -0.25) is 4.98 Å². The Morgan fingerprint density at radius 2 is 2.47 bits per heavy atom. The summed E-state index contributed by atoms with van der Waals surface area (Å²) in [6.07, 6.45) is 10.8. The molecule has 1 saturated carbocycles. The predicted octanol–water partition coefficient (Wildman–Crippen LogP) is 1.39. The third-order valence-electron chi connectivity index (χ3n) is 2.67. The van der Waals surface area contributed by atoms with E-state index in [1.54, 1.807) is 12.4 Å². The van der Waals surface area contributed by atoms with Gasteiger partial charge in [0.1, 0.15) is 0 Å². The Morgan fingerprint density at radius 1 is 1.65 bits per heavy atom. The topological polar surface area (TPSA) is 45.2 Å². The van der Waals surface area contributed by atoms with Crippen molar-refractivity contribution in [2.75, 3.05) is 6.54 Å². The number of nitrogens with zero attached hydrogens (tertiary/aromatic N) is 2. The third kappa shape index (κ3) is 3.22. The highest BCUT2D eigenvalue weighted by atomic mass is 16.2. The maximum Gasteiger partial charge on any atom is 0.318 e. The molecule has 0 unspecified atom stereocenters. The van der Waals surface area contributed by atoms with E-state index in [4.69, 9.17) is 6.42 Å². The summed E-state index contributed by atoms with van der Waals surface area (Å²) < 4.78 is 0. The van der Waals surface area contributed by atoms with E-state index in [-0.39, 0.29) is 12.6 Å². The highest BCUT2D eigenvalue weighted by Crippen LogP contribution is 2.28. The number of nitrogens with one attached hydrogen (secondary N) is 1. The first-order chi connectivity index (χ1) is 8.31. The van der Waals surface area contributed by atoms with E-state index in [0.29, 0.717) is 12.6 Å². The zero-order chi connectivity index (χ0) is 12.1. The van der Waals surface area contributed by atoms with Crippen molar-refractivity contribution in [3.05, 3.63) is 30.1 Å². The van der Waals surface area contributed by atoms with Gasteiger partial charge in [0.2, 0.25) is 0 Å². The molecule has 0 spiro atoms. The fraction of sp³-hybridized carbons (Fsp3) is 0.385. The van der Waals surface area contributed by atoms with Crippen LogP contribution in [0.3, 0.4) is 0 Å². The monoisotopic (exact) mass is 229 g/mol. The van der Waals surface area contributed by atoms with Crippen LogP contribution in [0.25, 0.3) is 0 Å². The molecule has 1 aromatic rings. The highest BCUT2D eigenvalue weighted by molar-refractivity contribution is 5.75. The highest BCUT2D eigenvalue weighted by Gasteiger charge is 2.32. The molecule has 17 heavy (non-hydrogen) atoms. The summed E-state index contributed by atoms with van der Waals surface area (Å²) in [4.78, 5) is 17.8. The van der Waals surface area contributed by atoms with Gasteiger partial charge in [-0.05, 0) is 24.5 Å². The number of terminal acetylenes is 1. The zero-order valence-corrected chi connectivity index (χ0v) is 9.60. The van der Waals surface area contributed by atoms with Gasteiger partial charge in [0, 0.05) is 25.0 Å². The van der Waals surface area contributed by atoms with E-state index in [1.165, 1.54) is 0 Å². The molecular formula is C13H15N3O. The van der Waals surface area contributed by atoms with Crippen molar-refractivity contribution in [3.8, 4) is 12.3 Å². The third-order valence-corrected chi connectivity index (χ3v) is 2.67. The molecule has 0 aliphatic heterocycles. The first-order valence-electron chi connectivity index (χ1n) is 5.68. The van der Waals surface area contributed by atoms with Crippen LogP contribution in [0.2, 0.25) is 0 Å². The fourth-order valence-corrected chi connectivity index (χ4v) is 1.67. The molecule has 1 N–H and O–H groups in total. The summed E-state index contributed by atoms with van der Waals surface area (Å²) in [6.45, 7) is 0.865. The number of hydrogen-bond donors (Lipinski definition) is 1. The van der Waals surface area contributed by atoms with Crippen LogP contribution in [0.4, 0.5) is 4.79 Å². The van der Waals surface area contributed by atoms with Crippen LogP contribution < -0.4 is 5.32 Å². The van der Waals surface area contributed by atoms with Crippen LogP contribution in [-0.2, 0) is 6.54 Å². The molecular weight excluding hydrogens is 214 g/mol. The minimum atomic E-state index is -0.0886. The number of amides is 2. The van der Waals surface area contributed by atoms with Crippen LogP contribution in [0, 0.1) is 12.3 Å². The predicted molar refractivity (Wildman–Crippen MR) is 65.0 cm³/mol. The van der Waals surface area contributed by atoms with Gasteiger partial charge in [-0.25, -0.2) is 4.79 Å². The zero-order valence-electron chi connectivity index (χ0n) is 9.60. The summed E-state index contributed by atoms with van der Waals surface area (Å²) in [5, 5.41) is 2.70. The molecule has 1 heterocycles. The normalized spacial score (nSPS) is 13.8. The van der Waals surface area contributed by atoms with Crippen molar-refractivity contribution in [1.29, 1.82) is 0 Å². The second-order valence-corrected chi connectivity index (χ2v) is 4.08. The molecule has 1 aliphatic rings. The molecule has 1 fully saturated rings. The molecule has 0 radical (unpaired) electrons. The lowest BCUT2D eigenvalue weighted by molar-refractivity contribution is 0.193. The molecule has 2 rings (SSSR count). The molecule has 2 amide bonds. The second-order valence-electron chi connectivity index (χ2n) is 4.08. The molecule has 0 aromatic carbocycles. The van der Waals surface area contributed by atoms with Gasteiger partial charge in [-0.1, -0.05) is 12.0 Å². The lowest BCUT2D eigenvalue weighted by Crippen LogP contribution is -2.41. The molecule has 1 aromatic heterocycles. The quantitative estimate of drug-likeness (QED) is 0.793. The van der Waals surface area contributed by atoms with E-state index in [0.717, 1.165) is 18.4 Å². The van der Waals surface area contributed by atoms with Gasteiger partial charge >= 0.3 is 6.03 Å². The van der Waals surface area contributed by atoms with E-state index < -0.39 is 0 Å². The Balaban J connectivity index is 1.98. The van der Waals surface area contributed by atoms with Crippen LogP contribution in [0.1, 0.15) is 18.4 Å². The number of carbonyl (C=O) groups is 1. The van der Waals surface area contributed by atoms with Gasteiger partial charge in [0.05, 0.1) is 6.54 Å². The number of hydrogen-bond acceptors (Lipinski definition) is 2. The van der Waals surface area contributed by atoms with Crippen LogP contribution in [0.15, 0.2) is 24.5 Å². The summed E-state index contributed by atoms with van der Waals surface area (Å²) in [5.41, 5.74) is 1.04. The maximum atomic E-state index is 11.9. The Hall–Kier alpha value is -2.02. The van der Waals surface area contributed by atoms with E-state index in [1.807, 2.05) is 17.0 Å². The summed E-state index contributed by atoms with van der Waals surface area (Å²) in [6, 6.07) is 4.11. The van der Waals surface area contributed by atoms with Crippen molar-refractivity contribution in [2.45, 2.75) is 25.4 Å². The van der Waals surface area contributed by atoms with Crippen molar-refractivity contribution in [3.63, 3.8) is 0 Å². The van der Waals surface area contributed by atoms with Crippen molar-refractivity contribution in [2.24, 2.45) is 0 Å². The standard InChI is InChI=1S/C13H15N3O/c1-2-7-15-13(17)16(12-5-6-12)10-11-4-3-8-14-9-11/h1,3-4,8-9,12H,5-7,10H2,(H,15,17). The van der Waals surface area contributed by atoms with Crippen LogP contribution in [-0.4, -0.2) is 28.5 Å². The summed E-state index contributed by atoms with van der Waals surface area (Å²) in [7, 11) is 0. The molecule has 0 atom stereocenters. The molecule has 0 saturated heterocycles. The Labute approximate surface area is 101 Å². The molecule has 88 valence electrons. The smallest absolute Gasteiger partial charge is 0.318 e. The Bertz CT molecular complexity index is 420. The minimum absolute atomic E-state index is 0.0886. The van der Waals surface area contributed by atoms with Crippen LogP contribution in [0.5, 0.6) is 0 Å². The Morgan fingerprint density at radius 3 is 3.06 bits per heavy atom. The fourth-order valence-electron chi connectivity index (χ4n) is 1.67. The molecule has 4 nitrogen and oxygen atoms in total. The average molecular weight is 229 g/mol. The van der Waals surface area contributed by atoms with Gasteiger partial charge in [-0.2, -0.15) is 0 Å². The molecule has 0 bridgehead atoms. The van der Waals surface area contributed by atoms with Crippen molar-refractivity contribution >= 4 is 6.03 Å². The van der Waals surface area contributed by atoms with Crippen molar-refractivity contribution in [1.82, 2.24) is 15.2 Å². The number of rotatable bonds is 4. The minimum Gasteiger partial charge on any atom is -0.327 e. The number of pyridine rings is 1. The SMILES string of the molecule is C#CCNC(=O)N(Cc1cccnc1)C1CC1. The van der Waals surface area contributed by atoms with Crippen molar-refractivity contribution < 1.29 is 4.79 Å². The Kier molecular flexibility index (Phi) is 3.61. The summed E-state index contributed by atoms with van der Waals surface area (Å²) in [5.74, 6) is 2.41. The summed E-state index contributed by atoms with van der Waals surface area (Å²) >= 11 is 0. The van der Waals surface area contributed by atoms with E-state index in [9.17, 15) is 4.79 Å². The lowest BCUT2D eigenvalue weighted by atomic mass is 10.2. The number of urea groups is 1. The van der Waals surface area contributed by atoms with Gasteiger partial charge in [0.15, 0.2) is 0 Å². The van der Waals surface area contributed by atoms with Gasteiger partial charge in [0.25, 0.3) is 0 Å². The van der Waals surface area contributed by atoms with Crippen LogP contribution >= 0.6 is 0 Å². The van der Waals surface area contributed by atoms with E-state index >= 15 is 0 Å². The maximum absolute atomic E-state index is 11.9.